The van der Waals surface area contributed by atoms with Gasteiger partial charge in [0.1, 0.15) is 11.2 Å². The topological polar surface area (TPSA) is 101 Å². The monoisotopic (exact) mass is 524 g/mol. The number of likely N-dealkylation sites (N-methyl/N-ethyl adjacent to an activating group) is 1. The summed E-state index contributed by atoms with van der Waals surface area (Å²) in [6.07, 6.45) is 6.13. The van der Waals surface area contributed by atoms with Gasteiger partial charge in [0.2, 0.25) is 11.9 Å². The summed E-state index contributed by atoms with van der Waals surface area (Å²) >= 11 is 0. The maximum Gasteiger partial charge on any atom is 0.278 e. The molecule has 0 saturated carbocycles. The molecule has 6 rings (SSSR count). The Hall–Kier alpha value is -4.31. The number of benzene rings is 1. The van der Waals surface area contributed by atoms with Gasteiger partial charge in [0, 0.05) is 43.9 Å². The van der Waals surface area contributed by atoms with Crippen molar-refractivity contribution in [1.29, 1.82) is 0 Å². The van der Waals surface area contributed by atoms with Gasteiger partial charge in [-0.1, -0.05) is 38.1 Å². The summed E-state index contributed by atoms with van der Waals surface area (Å²) in [5, 5.41) is 3.74. The van der Waals surface area contributed by atoms with Crippen molar-refractivity contribution in [1.82, 2.24) is 29.2 Å². The Morgan fingerprint density at radius 2 is 1.90 bits per heavy atom. The summed E-state index contributed by atoms with van der Waals surface area (Å²) in [6.45, 7) is 8.81. The third-order valence-electron chi connectivity index (χ3n) is 7.43. The molecule has 0 saturated heterocycles. The van der Waals surface area contributed by atoms with Crippen LogP contribution in [0, 0.1) is 0 Å². The summed E-state index contributed by atoms with van der Waals surface area (Å²) in [6, 6.07) is 11.8. The smallest absolute Gasteiger partial charge is 0.278 e. The Balaban J connectivity index is 1.45. The van der Waals surface area contributed by atoms with Crippen LogP contribution < -0.4 is 15.8 Å². The minimum atomic E-state index is -0.199. The van der Waals surface area contributed by atoms with Crippen molar-refractivity contribution >= 4 is 34.4 Å². The molecule has 5 heterocycles. The number of pyridine rings is 1. The van der Waals surface area contributed by atoms with Gasteiger partial charge >= 0.3 is 0 Å². The van der Waals surface area contributed by atoms with Crippen LogP contribution in [0.4, 0.5) is 17.5 Å². The van der Waals surface area contributed by atoms with Crippen LogP contribution in [-0.4, -0.2) is 55.3 Å². The fraction of sp³-hybridized carbons (Fsp3) is 0.345. The summed E-state index contributed by atoms with van der Waals surface area (Å²) in [5.41, 5.74) is 3.84. The minimum Gasteiger partial charge on any atom is -0.324 e. The van der Waals surface area contributed by atoms with E-state index < -0.39 is 0 Å². The van der Waals surface area contributed by atoms with Crippen molar-refractivity contribution in [2.75, 3.05) is 30.4 Å². The molecule has 0 spiro atoms. The molecule has 10 nitrogen and oxygen atoms in total. The third-order valence-corrected chi connectivity index (χ3v) is 7.43. The van der Waals surface area contributed by atoms with E-state index in [1.807, 2.05) is 24.3 Å². The lowest BCUT2D eigenvalue weighted by molar-refractivity contribution is -0.116. The first-order chi connectivity index (χ1) is 18.7. The molecular formula is C29H32N8O2. The second-order valence-electron chi connectivity index (χ2n) is 11.0. The highest BCUT2D eigenvalue weighted by molar-refractivity contribution is 5.90. The average Bonchev–Trinajstić information content (AvgIpc) is 3.14. The number of aromatic nitrogens is 5. The largest absolute Gasteiger partial charge is 0.324 e. The molecule has 200 valence electrons. The molecule has 0 fully saturated rings. The van der Waals surface area contributed by atoms with Gasteiger partial charge in [-0.15, -0.1) is 0 Å². The SMILES string of the molecule is CC(=O)N1CC/C=C\Cn2c(=O)c3cnc(Nc4ccc5c(c4)CN(C)CC5(C)C)nc3n2-c2cccc1n2. The summed E-state index contributed by atoms with van der Waals surface area (Å²) in [4.78, 5) is 43.8. The highest BCUT2D eigenvalue weighted by Gasteiger charge is 2.30. The average molecular weight is 525 g/mol. The number of allylic oxidation sites excluding steroid dienone is 1. The standard InChI is InChI=1S/C29H32N8O2/c1-19(38)35-13-6-5-7-14-36-27(39)22-16-30-28(33-26(22)37(36)25-10-8-9-24(35)32-25)31-21-11-12-23-20(15-21)17-34(4)18-29(23,2)3/h5,7-12,15-16H,6,13-14,17-18H2,1-4H3,(H,30,31,33)/b7-5-. The number of anilines is 3. The maximum atomic E-state index is 13.4. The van der Waals surface area contributed by atoms with Crippen LogP contribution in [0.3, 0.4) is 0 Å². The van der Waals surface area contributed by atoms with Crippen molar-refractivity contribution in [3.63, 3.8) is 0 Å². The van der Waals surface area contributed by atoms with Gasteiger partial charge in [-0.05, 0) is 48.9 Å². The van der Waals surface area contributed by atoms with E-state index in [-0.39, 0.29) is 16.9 Å². The normalized spacial score (nSPS) is 17.7. The van der Waals surface area contributed by atoms with Gasteiger partial charge in [0.25, 0.3) is 5.56 Å². The predicted molar refractivity (Wildman–Crippen MR) is 152 cm³/mol. The number of nitrogens with zero attached hydrogens (tertiary/aromatic N) is 7. The van der Waals surface area contributed by atoms with Crippen molar-refractivity contribution in [3.05, 3.63) is 76.2 Å². The molecule has 0 unspecified atom stereocenters. The number of hydrogen-bond acceptors (Lipinski definition) is 7. The molecule has 1 amide bonds. The first kappa shape index (κ1) is 25.0. The molecule has 2 aliphatic rings. The van der Waals surface area contributed by atoms with Crippen LogP contribution in [0.1, 0.15) is 38.3 Å². The summed E-state index contributed by atoms with van der Waals surface area (Å²) in [5.74, 6) is 1.34. The third kappa shape index (κ3) is 4.50. The Morgan fingerprint density at radius 3 is 2.72 bits per heavy atom. The van der Waals surface area contributed by atoms with Crippen LogP contribution in [0.5, 0.6) is 0 Å². The van der Waals surface area contributed by atoms with E-state index in [1.54, 1.807) is 26.5 Å². The van der Waals surface area contributed by atoms with E-state index in [0.717, 1.165) is 18.8 Å². The number of rotatable bonds is 2. The minimum absolute atomic E-state index is 0.0741. The fourth-order valence-corrected chi connectivity index (χ4v) is 5.79. The number of amides is 1. The van der Waals surface area contributed by atoms with Crippen molar-refractivity contribution in [2.24, 2.45) is 0 Å². The van der Waals surface area contributed by atoms with Gasteiger partial charge in [-0.25, -0.2) is 19.3 Å². The Morgan fingerprint density at radius 1 is 1.08 bits per heavy atom. The van der Waals surface area contributed by atoms with Crippen LogP contribution in [0.2, 0.25) is 0 Å². The van der Waals surface area contributed by atoms with E-state index >= 15 is 0 Å². The number of fused-ring (bicyclic) bond motifs is 7. The molecule has 0 atom stereocenters. The van der Waals surface area contributed by atoms with Gasteiger partial charge in [-0.3, -0.25) is 14.5 Å². The van der Waals surface area contributed by atoms with E-state index in [1.165, 1.54) is 18.1 Å². The Kier molecular flexibility index (Phi) is 6.06. The molecule has 10 heteroatoms. The lowest BCUT2D eigenvalue weighted by Crippen LogP contribution is -2.39. The van der Waals surface area contributed by atoms with Crippen LogP contribution in [0.25, 0.3) is 16.9 Å². The second-order valence-corrected chi connectivity index (χ2v) is 11.0. The lowest BCUT2D eigenvalue weighted by Gasteiger charge is -2.38. The van der Waals surface area contributed by atoms with Crippen LogP contribution in [0.15, 0.2) is 59.5 Å². The molecule has 4 aromatic rings. The highest BCUT2D eigenvalue weighted by Crippen LogP contribution is 2.34. The van der Waals surface area contributed by atoms with Crippen LogP contribution >= 0.6 is 0 Å². The molecule has 1 N–H and O–H groups in total. The summed E-state index contributed by atoms with van der Waals surface area (Å²) < 4.78 is 3.32. The van der Waals surface area contributed by atoms with Gasteiger partial charge in [0.05, 0.1) is 6.54 Å². The Bertz CT molecular complexity index is 1680. The molecule has 1 aromatic carbocycles. The van der Waals surface area contributed by atoms with Gasteiger partial charge in [-0.2, -0.15) is 4.98 Å². The van der Waals surface area contributed by atoms with Crippen molar-refractivity contribution in [3.8, 4) is 5.82 Å². The zero-order valence-corrected chi connectivity index (χ0v) is 22.7. The van der Waals surface area contributed by atoms with Gasteiger partial charge in [0.15, 0.2) is 11.5 Å². The second kappa shape index (κ2) is 9.46. The van der Waals surface area contributed by atoms with E-state index in [9.17, 15) is 9.59 Å². The number of carbonyl (C=O) groups is 1. The van der Waals surface area contributed by atoms with Crippen molar-refractivity contribution < 1.29 is 4.79 Å². The van der Waals surface area contributed by atoms with Crippen molar-refractivity contribution in [2.45, 2.75) is 45.7 Å². The first-order valence-electron chi connectivity index (χ1n) is 13.2. The van der Waals surface area contributed by atoms with E-state index in [0.29, 0.717) is 48.1 Å². The molecule has 2 bridgehead atoms. The molecule has 2 aliphatic heterocycles. The summed E-state index contributed by atoms with van der Waals surface area (Å²) in [7, 11) is 2.14. The zero-order chi connectivity index (χ0) is 27.3. The predicted octanol–water partition coefficient (Wildman–Crippen LogP) is 3.76. The molecular weight excluding hydrogens is 492 g/mol. The molecule has 0 aliphatic carbocycles. The highest BCUT2D eigenvalue weighted by atomic mass is 16.2. The molecule has 39 heavy (non-hydrogen) atoms. The Labute approximate surface area is 226 Å². The fourth-order valence-electron chi connectivity index (χ4n) is 5.79. The number of nitrogens with one attached hydrogen (secondary N) is 1. The molecule has 3 aromatic heterocycles. The first-order valence-corrected chi connectivity index (χ1v) is 13.2. The number of hydrogen-bond donors (Lipinski definition) is 1. The van der Waals surface area contributed by atoms with Gasteiger partial charge < -0.3 is 10.2 Å². The lowest BCUT2D eigenvalue weighted by atomic mass is 9.78. The van der Waals surface area contributed by atoms with E-state index in [4.69, 9.17) is 9.97 Å². The number of carbonyl (C=O) groups excluding carboxylic acids is 1. The zero-order valence-electron chi connectivity index (χ0n) is 22.7. The molecule has 0 radical (unpaired) electrons. The van der Waals surface area contributed by atoms with Crippen LogP contribution in [-0.2, 0) is 23.3 Å². The van der Waals surface area contributed by atoms with E-state index in [2.05, 4.69) is 54.3 Å². The quantitative estimate of drug-likeness (QED) is 0.399. The maximum absolute atomic E-state index is 13.4.